The Morgan fingerprint density at radius 3 is 2.62 bits per heavy atom. The van der Waals surface area contributed by atoms with Crippen LogP contribution in [0.5, 0.6) is 5.75 Å². The zero-order valence-electron chi connectivity index (χ0n) is 11.1. The smallest absolute Gasteiger partial charge is 0.240 e. The highest BCUT2D eigenvalue weighted by Crippen LogP contribution is 2.43. The normalized spacial score (nSPS) is 11.5. The number of benzene rings is 1. The van der Waals surface area contributed by atoms with Gasteiger partial charge in [0.2, 0.25) is 11.7 Å². The summed E-state index contributed by atoms with van der Waals surface area (Å²) in [7, 11) is 1.59. The minimum absolute atomic E-state index is 0.180. The van der Waals surface area contributed by atoms with Gasteiger partial charge >= 0.3 is 0 Å². The van der Waals surface area contributed by atoms with E-state index in [1.807, 2.05) is 12.1 Å². The summed E-state index contributed by atoms with van der Waals surface area (Å²) in [4.78, 5) is 4.27. The number of fused-ring (bicyclic) bond motifs is 2. The minimum Gasteiger partial charge on any atom is -0.492 e. The van der Waals surface area contributed by atoms with Crippen LogP contribution in [0.25, 0.3) is 33.3 Å². The van der Waals surface area contributed by atoms with E-state index in [-0.39, 0.29) is 6.54 Å². The fraction of sp³-hybridized carbons (Fsp3) is 0.143. The summed E-state index contributed by atoms with van der Waals surface area (Å²) in [5.41, 5.74) is 7.44. The SMILES string of the molecule is COc1c2ccoc2c(-c2noc(CN)n2)c2ccoc12. The topological polar surface area (TPSA) is 100 Å². The Kier molecular flexibility index (Phi) is 2.48. The van der Waals surface area contributed by atoms with E-state index < -0.39 is 0 Å². The van der Waals surface area contributed by atoms with Crippen LogP contribution in [-0.4, -0.2) is 17.3 Å². The lowest BCUT2D eigenvalue weighted by atomic mass is 10.1. The average molecular weight is 285 g/mol. The Balaban J connectivity index is 2.14. The Labute approximate surface area is 118 Å². The fourth-order valence-electron chi connectivity index (χ4n) is 2.47. The van der Waals surface area contributed by atoms with E-state index in [1.54, 1.807) is 19.6 Å². The third-order valence-corrected chi connectivity index (χ3v) is 3.35. The van der Waals surface area contributed by atoms with Crippen molar-refractivity contribution in [2.24, 2.45) is 5.73 Å². The molecule has 0 saturated heterocycles. The molecule has 2 N–H and O–H groups in total. The number of nitrogens with zero attached hydrogens (tertiary/aromatic N) is 2. The molecule has 4 rings (SSSR count). The van der Waals surface area contributed by atoms with Crippen LogP contribution in [-0.2, 0) is 6.54 Å². The van der Waals surface area contributed by atoms with Crippen LogP contribution < -0.4 is 10.5 Å². The summed E-state index contributed by atoms with van der Waals surface area (Å²) in [6.45, 7) is 0.180. The fourth-order valence-corrected chi connectivity index (χ4v) is 2.47. The third-order valence-electron chi connectivity index (χ3n) is 3.35. The van der Waals surface area contributed by atoms with E-state index in [0.29, 0.717) is 34.2 Å². The van der Waals surface area contributed by atoms with Crippen LogP contribution in [0.2, 0.25) is 0 Å². The second-order valence-electron chi connectivity index (χ2n) is 4.45. The Hall–Kier alpha value is -2.80. The maximum Gasteiger partial charge on any atom is 0.240 e. The Morgan fingerprint density at radius 2 is 1.90 bits per heavy atom. The van der Waals surface area contributed by atoms with Gasteiger partial charge in [-0.05, 0) is 12.1 Å². The van der Waals surface area contributed by atoms with Crippen molar-refractivity contribution in [2.75, 3.05) is 7.11 Å². The van der Waals surface area contributed by atoms with Crippen molar-refractivity contribution >= 4 is 21.9 Å². The monoisotopic (exact) mass is 285 g/mol. The lowest BCUT2D eigenvalue weighted by molar-refractivity contribution is 0.380. The molecular formula is C14H11N3O4. The molecule has 4 aromatic rings. The van der Waals surface area contributed by atoms with Gasteiger partial charge in [-0.1, -0.05) is 5.16 Å². The van der Waals surface area contributed by atoms with Gasteiger partial charge in [-0.2, -0.15) is 4.98 Å². The lowest BCUT2D eigenvalue weighted by Crippen LogP contribution is -1.95. The molecule has 7 heteroatoms. The van der Waals surface area contributed by atoms with E-state index in [0.717, 1.165) is 10.8 Å². The molecular weight excluding hydrogens is 274 g/mol. The van der Waals surface area contributed by atoms with Gasteiger partial charge in [-0.25, -0.2) is 0 Å². The van der Waals surface area contributed by atoms with Crippen LogP contribution in [0, 0.1) is 0 Å². The van der Waals surface area contributed by atoms with Gasteiger partial charge in [0.1, 0.15) is 5.58 Å². The summed E-state index contributed by atoms with van der Waals surface area (Å²) in [6, 6.07) is 3.62. The predicted molar refractivity (Wildman–Crippen MR) is 73.7 cm³/mol. The number of hydrogen-bond acceptors (Lipinski definition) is 7. The quantitative estimate of drug-likeness (QED) is 0.617. The maximum absolute atomic E-state index is 5.59. The van der Waals surface area contributed by atoms with Gasteiger partial charge in [0.05, 0.1) is 37.1 Å². The van der Waals surface area contributed by atoms with Crippen LogP contribution in [0.1, 0.15) is 5.89 Å². The number of hydrogen-bond donors (Lipinski definition) is 1. The highest BCUT2D eigenvalue weighted by molar-refractivity contribution is 6.12. The van der Waals surface area contributed by atoms with Crippen LogP contribution in [0.4, 0.5) is 0 Å². The first-order valence-corrected chi connectivity index (χ1v) is 6.31. The third kappa shape index (κ3) is 1.58. The van der Waals surface area contributed by atoms with Gasteiger partial charge in [-0.15, -0.1) is 0 Å². The number of furan rings is 2. The number of ether oxygens (including phenoxy) is 1. The summed E-state index contributed by atoms with van der Waals surface area (Å²) in [5, 5.41) is 5.54. The summed E-state index contributed by atoms with van der Waals surface area (Å²) in [5.74, 6) is 1.38. The van der Waals surface area contributed by atoms with Gasteiger partial charge in [0.15, 0.2) is 11.3 Å². The molecule has 0 aliphatic rings. The Bertz CT molecular complexity index is 883. The van der Waals surface area contributed by atoms with Gasteiger partial charge < -0.3 is 23.8 Å². The molecule has 106 valence electrons. The van der Waals surface area contributed by atoms with Crippen LogP contribution in [0.3, 0.4) is 0 Å². The van der Waals surface area contributed by atoms with Crippen LogP contribution in [0.15, 0.2) is 38.0 Å². The molecule has 0 fully saturated rings. The molecule has 7 nitrogen and oxygen atoms in total. The molecule has 0 saturated carbocycles. The van der Waals surface area contributed by atoms with E-state index in [9.17, 15) is 0 Å². The van der Waals surface area contributed by atoms with E-state index in [2.05, 4.69) is 10.1 Å². The van der Waals surface area contributed by atoms with E-state index in [1.165, 1.54) is 0 Å². The zero-order valence-corrected chi connectivity index (χ0v) is 11.1. The molecule has 0 radical (unpaired) electrons. The molecule has 21 heavy (non-hydrogen) atoms. The second kappa shape index (κ2) is 4.35. The van der Waals surface area contributed by atoms with Crippen molar-refractivity contribution in [1.29, 1.82) is 0 Å². The number of rotatable bonds is 3. The minimum atomic E-state index is 0.180. The molecule has 1 aromatic carbocycles. The van der Waals surface area contributed by atoms with Crippen molar-refractivity contribution in [3.8, 4) is 17.1 Å². The van der Waals surface area contributed by atoms with Crippen LogP contribution >= 0.6 is 0 Å². The molecule has 0 amide bonds. The zero-order chi connectivity index (χ0) is 14.4. The summed E-state index contributed by atoms with van der Waals surface area (Å²) in [6.07, 6.45) is 3.17. The largest absolute Gasteiger partial charge is 0.492 e. The van der Waals surface area contributed by atoms with Crippen molar-refractivity contribution in [2.45, 2.75) is 6.54 Å². The molecule has 0 atom stereocenters. The van der Waals surface area contributed by atoms with E-state index in [4.69, 9.17) is 23.8 Å². The highest BCUT2D eigenvalue weighted by atomic mass is 16.5. The van der Waals surface area contributed by atoms with Gasteiger partial charge in [-0.3, -0.25) is 0 Å². The standard InChI is InChI=1S/C14H11N3O4/c1-18-12-8-3-5-19-11(8)10(7-2-4-20-13(7)12)14-16-9(6-15)21-17-14/h2-5H,6,15H2,1H3. The molecule has 3 heterocycles. The summed E-state index contributed by atoms with van der Waals surface area (Å²) < 4.78 is 21.6. The number of methoxy groups -OCH3 is 1. The molecule has 0 spiro atoms. The molecule has 0 aliphatic heterocycles. The molecule has 0 unspecified atom stereocenters. The summed E-state index contributed by atoms with van der Waals surface area (Å²) >= 11 is 0. The van der Waals surface area contributed by atoms with Crippen molar-refractivity contribution in [3.63, 3.8) is 0 Å². The van der Waals surface area contributed by atoms with Gasteiger partial charge in [0.25, 0.3) is 0 Å². The first kappa shape index (κ1) is 12.0. The number of aromatic nitrogens is 2. The van der Waals surface area contributed by atoms with Gasteiger partial charge in [0, 0.05) is 5.39 Å². The van der Waals surface area contributed by atoms with Crippen molar-refractivity contribution < 1.29 is 18.1 Å². The second-order valence-corrected chi connectivity index (χ2v) is 4.45. The maximum atomic E-state index is 5.59. The molecule has 0 bridgehead atoms. The first-order valence-electron chi connectivity index (χ1n) is 6.31. The van der Waals surface area contributed by atoms with Crippen molar-refractivity contribution in [1.82, 2.24) is 10.1 Å². The highest BCUT2D eigenvalue weighted by Gasteiger charge is 2.23. The average Bonchev–Trinajstić information content (AvgIpc) is 3.23. The lowest BCUT2D eigenvalue weighted by Gasteiger charge is -2.05. The van der Waals surface area contributed by atoms with Crippen molar-refractivity contribution in [3.05, 3.63) is 30.5 Å². The molecule has 3 aromatic heterocycles. The Morgan fingerprint density at radius 1 is 1.14 bits per heavy atom. The number of nitrogens with two attached hydrogens (primary N) is 1. The molecule has 0 aliphatic carbocycles. The predicted octanol–water partition coefficient (Wildman–Crippen LogP) is 2.70. The van der Waals surface area contributed by atoms with E-state index >= 15 is 0 Å². The first-order chi connectivity index (χ1) is 10.3.